The number of carboxylic acid groups (broad SMARTS) is 1. The molecule has 0 saturated carbocycles. The Balaban J connectivity index is 4.15. The first-order valence-electron chi connectivity index (χ1n) is 4.55. The van der Waals surface area contributed by atoms with Gasteiger partial charge >= 0.3 is 12.0 Å². The highest BCUT2D eigenvalue weighted by Gasteiger charge is 2.17. The molecular formula is C8H16N2O5S. The zero-order chi connectivity index (χ0) is 12.9. The van der Waals surface area contributed by atoms with E-state index in [-0.39, 0.29) is 12.3 Å². The number of aliphatic carboxylic acids is 1. The summed E-state index contributed by atoms with van der Waals surface area (Å²) in [6, 6.07) is -1.62. The van der Waals surface area contributed by atoms with E-state index in [9.17, 15) is 18.0 Å². The quantitative estimate of drug-likeness (QED) is 0.663. The molecule has 8 heteroatoms. The minimum Gasteiger partial charge on any atom is -0.480 e. The third kappa shape index (κ3) is 6.23. The minimum atomic E-state index is -3.14. The fourth-order valence-electron chi connectivity index (χ4n) is 0.761. The van der Waals surface area contributed by atoms with Crippen molar-refractivity contribution in [1.82, 2.24) is 10.2 Å². The third-order valence-corrected chi connectivity index (χ3v) is 2.78. The summed E-state index contributed by atoms with van der Waals surface area (Å²) >= 11 is 0. The summed E-state index contributed by atoms with van der Waals surface area (Å²) in [7, 11) is -1.74. The number of hydrogen-bond donors (Lipinski definition) is 2. The van der Waals surface area contributed by atoms with E-state index < -0.39 is 27.9 Å². The smallest absolute Gasteiger partial charge is 0.325 e. The van der Waals surface area contributed by atoms with Gasteiger partial charge in [-0.25, -0.2) is 13.2 Å². The average Bonchev–Trinajstić information content (AvgIpc) is 2.12. The zero-order valence-electron chi connectivity index (χ0n) is 9.43. The fraction of sp³-hybridized carbons (Fsp3) is 0.750. The van der Waals surface area contributed by atoms with Gasteiger partial charge in [-0.15, -0.1) is 0 Å². The number of carbonyl (C=O) groups excluding carboxylic acids is 1. The molecule has 0 heterocycles. The van der Waals surface area contributed by atoms with Crippen molar-refractivity contribution < 1.29 is 23.1 Å². The summed E-state index contributed by atoms with van der Waals surface area (Å²) in [5, 5.41) is 10.8. The molecule has 0 radical (unpaired) electrons. The summed E-state index contributed by atoms with van der Waals surface area (Å²) < 4.78 is 21.7. The van der Waals surface area contributed by atoms with Gasteiger partial charge in [-0.1, -0.05) is 0 Å². The lowest BCUT2D eigenvalue weighted by atomic mass is 10.3. The van der Waals surface area contributed by atoms with Crippen LogP contribution in [-0.2, 0) is 14.6 Å². The van der Waals surface area contributed by atoms with Crippen molar-refractivity contribution >= 4 is 21.8 Å². The highest BCUT2D eigenvalue weighted by molar-refractivity contribution is 7.90. The second-order valence-electron chi connectivity index (χ2n) is 3.56. The van der Waals surface area contributed by atoms with E-state index in [1.165, 1.54) is 14.0 Å². The zero-order valence-corrected chi connectivity index (χ0v) is 10.2. The van der Waals surface area contributed by atoms with Crippen LogP contribution in [0.1, 0.15) is 6.92 Å². The number of carboxylic acids is 1. The van der Waals surface area contributed by atoms with Crippen molar-refractivity contribution in [2.45, 2.75) is 13.0 Å². The van der Waals surface area contributed by atoms with E-state index in [0.717, 1.165) is 11.2 Å². The molecular weight excluding hydrogens is 236 g/mol. The Morgan fingerprint density at radius 3 is 2.31 bits per heavy atom. The van der Waals surface area contributed by atoms with Crippen LogP contribution in [0.25, 0.3) is 0 Å². The number of hydrogen-bond acceptors (Lipinski definition) is 4. The van der Waals surface area contributed by atoms with Crippen LogP contribution in [0, 0.1) is 0 Å². The van der Waals surface area contributed by atoms with Crippen LogP contribution in [0.15, 0.2) is 0 Å². The summed E-state index contributed by atoms with van der Waals surface area (Å²) in [6.45, 7) is 1.35. The van der Waals surface area contributed by atoms with Crippen LogP contribution in [0.5, 0.6) is 0 Å². The number of nitrogens with zero attached hydrogens (tertiary/aromatic N) is 1. The Morgan fingerprint density at radius 2 is 1.94 bits per heavy atom. The molecule has 0 fully saturated rings. The predicted octanol–water partition coefficient (Wildman–Crippen LogP) is -0.854. The van der Waals surface area contributed by atoms with Crippen LogP contribution in [0.4, 0.5) is 4.79 Å². The normalized spacial score (nSPS) is 12.9. The minimum absolute atomic E-state index is 0.0248. The van der Waals surface area contributed by atoms with E-state index in [0.29, 0.717) is 0 Å². The molecule has 0 spiro atoms. The molecule has 2 N–H and O–H groups in total. The number of urea groups is 1. The highest BCUT2D eigenvalue weighted by Crippen LogP contribution is 1.91. The van der Waals surface area contributed by atoms with Crippen LogP contribution < -0.4 is 5.32 Å². The third-order valence-electron chi connectivity index (χ3n) is 1.85. The Labute approximate surface area is 94.3 Å². The highest BCUT2D eigenvalue weighted by atomic mass is 32.2. The van der Waals surface area contributed by atoms with Crippen LogP contribution in [0.2, 0.25) is 0 Å². The van der Waals surface area contributed by atoms with E-state index >= 15 is 0 Å². The number of rotatable bonds is 5. The van der Waals surface area contributed by atoms with Crippen molar-refractivity contribution in [2.75, 3.05) is 25.6 Å². The molecule has 94 valence electrons. The Hall–Kier alpha value is -1.31. The molecule has 0 rings (SSSR count). The molecule has 2 amide bonds. The van der Waals surface area contributed by atoms with Crippen LogP contribution >= 0.6 is 0 Å². The summed E-state index contributed by atoms with van der Waals surface area (Å²) in [6.07, 6.45) is 1.07. The first-order valence-corrected chi connectivity index (χ1v) is 6.61. The van der Waals surface area contributed by atoms with Gasteiger partial charge in [0.2, 0.25) is 0 Å². The van der Waals surface area contributed by atoms with E-state index in [1.807, 2.05) is 0 Å². The second-order valence-corrected chi connectivity index (χ2v) is 5.82. The molecule has 0 unspecified atom stereocenters. The van der Waals surface area contributed by atoms with E-state index in [2.05, 4.69) is 5.32 Å². The summed E-state index contributed by atoms with van der Waals surface area (Å²) in [4.78, 5) is 22.9. The van der Waals surface area contributed by atoms with Gasteiger partial charge < -0.3 is 15.3 Å². The standard InChI is InChI=1S/C8H16N2O5S/c1-6(7(11)12)9-8(13)10(2)4-5-16(3,14)15/h6H,4-5H2,1-3H3,(H,9,13)(H,11,12)/t6-/m0/s1. The molecule has 0 aromatic rings. The largest absolute Gasteiger partial charge is 0.480 e. The average molecular weight is 252 g/mol. The van der Waals surface area contributed by atoms with Crippen molar-refractivity contribution in [2.24, 2.45) is 0 Å². The monoisotopic (exact) mass is 252 g/mol. The molecule has 0 aliphatic heterocycles. The molecule has 1 atom stereocenters. The van der Waals surface area contributed by atoms with Crippen LogP contribution in [-0.4, -0.2) is 62.1 Å². The first-order chi connectivity index (χ1) is 7.13. The van der Waals surface area contributed by atoms with E-state index in [1.54, 1.807) is 0 Å². The maximum absolute atomic E-state index is 11.3. The predicted molar refractivity (Wildman–Crippen MR) is 58.0 cm³/mol. The van der Waals surface area contributed by atoms with Gasteiger partial charge in [0.1, 0.15) is 15.9 Å². The molecule has 16 heavy (non-hydrogen) atoms. The van der Waals surface area contributed by atoms with Gasteiger partial charge in [0.15, 0.2) is 0 Å². The van der Waals surface area contributed by atoms with Gasteiger partial charge in [0.05, 0.1) is 5.75 Å². The van der Waals surface area contributed by atoms with E-state index in [4.69, 9.17) is 5.11 Å². The molecule has 0 bridgehead atoms. The number of amides is 2. The lowest BCUT2D eigenvalue weighted by Crippen LogP contribution is -2.46. The second kappa shape index (κ2) is 5.69. The van der Waals surface area contributed by atoms with Crippen LogP contribution in [0.3, 0.4) is 0 Å². The number of sulfone groups is 1. The maximum Gasteiger partial charge on any atom is 0.325 e. The molecule has 0 aliphatic rings. The molecule has 0 aliphatic carbocycles. The number of nitrogens with one attached hydrogen (secondary N) is 1. The van der Waals surface area contributed by atoms with Crippen molar-refractivity contribution in [3.8, 4) is 0 Å². The van der Waals surface area contributed by atoms with Gasteiger partial charge in [-0.2, -0.15) is 0 Å². The van der Waals surface area contributed by atoms with Crippen molar-refractivity contribution in [3.63, 3.8) is 0 Å². The Bertz CT molecular complexity index is 365. The first kappa shape index (κ1) is 14.7. The van der Waals surface area contributed by atoms with Crippen molar-refractivity contribution in [3.05, 3.63) is 0 Å². The van der Waals surface area contributed by atoms with Gasteiger partial charge in [0.25, 0.3) is 0 Å². The van der Waals surface area contributed by atoms with Crippen molar-refractivity contribution in [1.29, 1.82) is 0 Å². The SMILES string of the molecule is C[C@H](NC(=O)N(C)CCS(C)(=O)=O)C(=O)O. The molecule has 7 nitrogen and oxygen atoms in total. The lowest BCUT2D eigenvalue weighted by Gasteiger charge is -2.19. The van der Waals surface area contributed by atoms with Gasteiger partial charge in [-0.3, -0.25) is 4.79 Å². The fourth-order valence-corrected chi connectivity index (χ4v) is 1.37. The van der Waals surface area contributed by atoms with Gasteiger partial charge in [0, 0.05) is 19.8 Å². The molecule has 0 aromatic carbocycles. The summed E-state index contributed by atoms with van der Waals surface area (Å²) in [5.74, 6) is -1.30. The lowest BCUT2D eigenvalue weighted by molar-refractivity contribution is -0.138. The Morgan fingerprint density at radius 1 is 1.44 bits per heavy atom. The number of carbonyl (C=O) groups is 2. The Kier molecular flexibility index (Phi) is 5.22. The van der Waals surface area contributed by atoms with Gasteiger partial charge in [-0.05, 0) is 6.92 Å². The maximum atomic E-state index is 11.3. The molecule has 0 saturated heterocycles. The molecule has 0 aromatic heterocycles. The summed E-state index contributed by atoms with van der Waals surface area (Å²) in [5.41, 5.74) is 0. The topological polar surface area (TPSA) is 104 Å².